The molecule has 2 fully saturated rings. The second-order valence-corrected chi connectivity index (χ2v) is 5.80. The fourth-order valence-corrected chi connectivity index (χ4v) is 2.83. The van der Waals surface area contributed by atoms with Gasteiger partial charge in [0.1, 0.15) is 0 Å². The highest BCUT2D eigenvalue weighted by molar-refractivity contribution is 4.99. The maximum Gasteiger partial charge on any atom is 0.0945 e. The average Bonchev–Trinajstić information content (AvgIpc) is 3.13. The van der Waals surface area contributed by atoms with Crippen LogP contribution in [0.25, 0.3) is 0 Å². The molecule has 2 aliphatic rings. The van der Waals surface area contributed by atoms with E-state index in [2.05, 4.69) is 26.8 Å². The van der Waals surface area contributed by atoms with Gasteiger partial charge in [0.05, 0.1) is 12.0 Å². The molecule has 1 aromatic heterocycles. The molecule has 100 valence electrons. The van der Waals surface area contributed by atoms with Gasteiger partial charge in [0.2, 0.25) is 0 Å². The highest BCUT2D eigenvalue weighted by atomic mass is 15.2. The van der Waals surface area contributed by atoms with E-state index in [4.69, 9.17) is 0 Å². The van der Waals surface area contributed by atoms with Crippen LogP contribution in [0.2, 0.25) is 0 Å². The van der Waals surface area contributed by atoms with Gasteiger partial charge in [-0.25, -0.2) is 4.98 Å². The summed E-state index contributed by atoms with van der Waals surface area (Å²) >= 11 is 0. The lowest BCUT2D eigenvalue weighted by Crippen LogP contribution is -2.45. The van der Waals surface area contributed by atoms with E-state index in [9.17, 15) is 0 Å². The van der Waals surface area contributed by atoms with Gasteiger partial charge in [-0.15, -0.1) is 0 Å². The molecule has 3 rings (SSSR count). The van der Waals surface area contributed by atoms with Crippen molar-refractivity contribution in [2.24, 2.45) is 7.05 Å². The SMILES string of the molecule is Cn1cncc1CN1CCCCC1CNC1CC1. The van der Waals surface area contributed by atoms with Gasteiger partial charge in [0.25, 0.3) is 0 Å². The van der Waals surface area contributed by atoms with Gasteiger partial charge in [-0.1, -0.05) is 6.42 Å². The molecule has 1 aliphatic carbocycles. The second kappa shape index (κ2) is 5.41. The summed E-state index contributed by atoms with van der Waals surface area (Å²) in [6, 6.07) is 1.54. The normalized spacial score (nSPS) is 25.5. The number of nitrogens with zero attached hydrogens (tertiary/aromatic N) is 3. The van der Waals surface area contributed by atoms with Crippen LogP contribution in [0.4, 0.5) is 0 Å². The van der Waals surface area contributed by atoms with Gasteiger partial charge in [0, 0.05) is 38.4 Å². The van der Waals surface area contributed by atoms with Gasteiger partial charge >= 0.3 is 0 Å². The molecule has 0 radical (unpaired) electrons. The monoisotopic (exact) mass is 248 g/mol. The van der Waals surface area contributed by atoms with Crippen LogP contribution in [0.15, 0.2) is 12.5 Å². The molecule has 1 aromatic rings. The standard InChI is InChI=1S/C14H24N4/c1-17-11-15-8-14(17)10-18-7-3-2-4-13(18)9-16-12-5-6-12/h8,11-13,16H,2-7,9-10H2,1H3. The van der Waals surface area contributed by atoms with E-state index in [1.807, 2.05) is 12.5 Å². The first-order chi connectivity index (χ1) is 8.83. The highest BCUT2D eigenvalue weighted by Crippen LogP contribution is 2.22. The maximum atomic E-state index is 4.22. The molecule has 1 aliphatic heterocycles. The van der Waals surface area contributed by atoms with E-state index in [-0.39, 0.29) is 0 Å². The quantitative estimate of drug-likeness (QED) is 0.858. The minimum atomic E-state index is 0.717. The molecule has 4 heteroatoms. The van der Waals surface area contributed by atoms with Crippen molar-refractivity contribution >= 4 is 0 Å². The molecule has 1 saturated heterocycles. The Labute approximate surface area is 109 Å². The first-order valence-corrected chi connectivity index (χ1v) is 7.25. The van der Waals surface area contributed by atoms with E-state index in [1.54, 1.807) is 0 Å². The summed E-state index contributed by atoms with van der Waals surface area (Å²) in [4.78, 5) is 6.85. The van der Waals surface area contributed by atoms with Crippen molar-refractivity contribution < 1.29 is 0 Å². The Bertz CT molecular complexity index is 383. The number of aryl methyl sites for hydroxylation is 1. The predicted molar refractivity (Wildman–Crippen MR) is 72.3 cm³/mol. The van der Waals surface area contributed by atoms with Crippen LogP contribution in [0.5, 0.6) is 0 Å². The number of rotatable bonds is 5. The zero-order valence-electron chi connectivity index (χ0n) is 11.3. The lowest BCUT2D eigenvalue weighted by molar-refractivity contribution is 0.134. The molecule has 0 bridgehead atoms. The number of hydrogen-bond acceptors (Lipinski definition) is 3. The summed E-state index contributed by atoms with van der Waals surface area (Å²) < 4.78 is 2.14. The molecule has 1 saturated carbocycles. The van der Waals surface area contributed by atoms with Gasteiger partial charge < -0.3 is 9.88 Å². The number of aromatic nitrogens is 2. The van der Waals surface area contributed by atoms with Gasteiger partial charge in [0.15, 0.2) is 0 Å². The van der Waals surface area contributed by atoms with Crippen molar-refractivity contribution in [1.29, 1.82) is 0 Å². The van der Waals surface area contributed by atoms with Crippen LogP contribution < -0.4 is 5.32 Å². The van der Waals surface area contributed by atoms with Crippen molar-refractivity contribution in [3.63, 3.8) is 0 Å². The number of piperidine rings is 1. The topological polar surface area (TPSA) is 33.1 Å². The smallest absolute Gasteiger partial charge is 0.0945 e. The summed E-state index contributed by atoms with van der Waals surface area (Å²) in [6.45, 7) is 3.46. The summed E-state index contributed by atoms with van der Waals surface area (Å²) in [5, 5.41) is 3.69. The molecule has 1 atom stereocenters. The summed E-state index contributed by atoms with van der Waals surface area (Å²) in [7, 11) is 2.09. The van der Waals surface area contributed by atoms with Crippen LogP contribution in [-0.2, 0) is 13.6 Å². The molecule has 1 unspecified atom stereocenters. The van der Waals surface area contributed by atoms with Gasteiger partial charge in [-0.2, -0.15) is 0 Å². The van der Waals surface area contributed by atoms with E-state index >= 15 is 0 Å². The van der Waals surface area contributed by atoms with E-state index in [1.165, 1.54) is 50.9 Å². The third kappa shape index (κ3) is 2.93. The average molecular weight is 248 g/mol. The lowest BCUT2D eigenvalue weighted by atomic mass is 10.0. The molecule has 0 amide bonds. The fraction of sp³-hybridized carbons (Fsp3) is 0.786. The zero-order chi connectivity index (χ0) is 12.4. The third-order valence-electron chi connectivity index (χ3n) is 4.25. The Morgan fingerprint density at radius 1 is 1.33 bits per heavy atom. The minimum Gasteiger partial charge on any atom is -0.337 e. The number of likely N-dealkylation sites (tertiary alicyclic amines) is 1. The van der Waals surface area contributed by atoms with Gasteiger partial charge in [-0.05, 0) is 32.2 Å². The molecular weight excluding hydrogens is 224 g/mol. The Balaban J connectivity index is 1.58. The van der Waals surface area contributed by atoms with Crippen molar-refractivity contribution in [3.05, 3.63) is 18.2 Å². The number of nitrogens with one attached hydrogen (secondary N) is 1. The molecule has 0 aromatic carbocycles. The highest BCUT2D eigenvalue weighted by Gasteiger charge is 2.26. The molecule has 1 N–H and O–H groups in total. The Morgan fingerprint density at radius 2 is 2.22 bits per heavy atom. The summed E-state index contributed by atoms with van der Waals surface area (Å²) in [5.74, 6) is 0. The maximum absolute atomic E-state index is 4.22. The number of imidazole rings is 1. The van der Waals surface area contributed by atoms with Crippen LogP contribution in [0.3, 0.4) is 0 Å². The molecular formula is C14H24N4. The van der Waals surface area contributed by atoms with Crippen molar-refractivity contribution in [3.8, 4) is 0 Å². The Morgan fingerprint density at radius 3 is 2.94 bits per heavy atom. The molecule has 18 heavy (non-hydrogen) atoms. The van der Waals surface area contributed by atoms with Gasteiger partial charge in [-0.3, -0.25) is 4.90 Å². The summed E-state index contributed by atoms with van der Waals surface area (Å²) in [5.41, 5.74) is 1.33. The zero-order valence-corrected chi connectivity index (χ0v) is 11.3. The van der Waals surface area contributed by atoms with E-state index < -0.39 is 0 Å². The Kier molecular flexibility index (Phi) is 3.66. The van der Waals surface area contributed by atoms with E-state index in [0.717, 1.165) is 12.6 Å². The van der Waals surface area contributed by atoms with E-state index in [0.29, 0.717) is 6.04 Å². The van der Waals surface area contributed by atoms with Crippen LogP contribution in [0.1, 0.15) is 37.8 Å². The first kappa shape index (κ1) is 12.2. The van der Waals surface area contributed by atoms with Crippen molar-refractivity contribution in [1.82, 2.24) is 19.8 Å². The lowest BCUT2D eigenvalue weighted by Gasteiger charge is -2.35. The Hall–Kier alpha value is -0.870. The largest absolute Gasteiger partial charge is 0.337 e. The molecule has 2 heterocycles. The summed E-state index contributed by atoms with van der Waals surface area (Å²) in [6.07, 6.45) is 10.7. The van der Waals surface area contributed by atoms with Crippen LogP contribution >= 0.6 is 0 Å². The second-order valence-electron chi connectivity index (χ2n) is 5.80. The third-order valence-corrected chi connectivity index (χ3v) is 4.25. The molecule has 4 nitrogen and oxygen atoms in total. The first-order valence-electron chi connectivity index (χ1n) is 7.25. The molecule has 0 spiro atoms. The van der Waals surface area contributed by atoms with Crippen LogP contribution in [0, 0.1) is 0 Å². The predicted octanol–water partition coefficient (Wildman–Crippen LogP) is 1.53. The fourth-order valence-electron chi connectivity index (χ4n) is 2.83. The number of hydrogen-bond donors (Lipinski definition) is 1. The van der Waals surface area contributed by atoms with Crippen molar-refractivity contribution in [2.75, 3.05) is 13.1 Å². The van der Waals surface area contributed by atoms with Crippen LogP contribution in [-0.4, -0.2) is 39.6 Å². The van der Waals surface area contributed by atoms with Crippen molar-refractivity contribution in [2.45, 2.75) is 50.7 Å². The minimum absolute atomic E-state index is 0.717.